The monoisotopic (exact) mass is 198 g/mol. The Bertz CT molecular complexity index is 318. The van der Waals surface area contributed by atoms with Crippen LogP contribution in [0.1, 0.15) is 43.7 Å². The molecule has 0 heterocycles. The fourth-order valence-electron chi connectivity index (χ4n) is 1.71. The molecule has 14 heavy (non-hydrogen) atoms. The van der Waals surface area contributed by atoms with Gasteiger partial charge < -0.3 is 0 Å². The van der Waals surface area contributed by atoms with Crippen molar-refractivity contribution < 1.29 is 8.78 Å². The normalized spacial score (nSPS) is 12.9. The van der Waals surface area contributed by atoms with E-state index in [1.54, 1.807) is 6.92 Å². The highest BCUT2D eigenvalue weighted by Crippen LogP contribution is 2.27. The Morgan fingerprint density at radius 2 is 1.93 bits per heavy atom. The highest BCUT2D eigenvalue weighted by Gasteiger charge is 2.16. The van der Waals surface area contributed by atoms with Gasteiger partial charge in [0.1, 0.15) is 11.6 Å². The van der Waals surface area contributed by atoms with E-state index >= 15 is 0 Å². The minimum atomic E-state index is -0.422. The minimum absolute atomic E-state index is 0.0418. The van der Waals surface area contributed by atoms with E-state index in [1.807, 2.05) is 13.8 Å². The molecule has 0 saturated carbocycles. The molecule has 0 amide bonds. The van der Waals surface area contributed by atoms with Crippen LogP contribution in [0.2, 0.25) is 0 Å². The summed E-state index contributed by atoms with van der Waals surface area (Å²) in [4.78, 5) is 0. The maximum absolute atomic E-state index is 13.6. The predicted octanol–water partition coefficient (Wildman–Crippen LogP) is 4.18. The van der Waals surface area contributed by atoms with Crippen molar-refractivity contribution in [1.82, 2.24) is 0 Å². The molecule has 0 fully saturated rings. The molecule has 78 valence electrons. The lowest BCUT2D eigenvalue weighted by Crippen LogP contribution is -2.02. The standard InChI is InChI=1S/C12H16F2/c1-4-5-8(2)11-10(13)7-6-9(3)12(11)14/h6-8H,4-5H2,1-3H3. The summed E-state index contributed by atoms with van der Waals surface area (Å²) in [6, 6.07) is 2.83. The second-order valence-corrected chi connectivity index (χ2v) is 3.78. The van der Waals surface area contributed by atoms with Crippen LogP contribution in [-0.4, -0.2) is 0 Å². The van der Waals surface area contributed by atoms with Crippen LogP contribution < -0.4 is 0 Å². The molecule has 0 radical (unpaired) electrons. The van der Waals surface area contributed by atoms with Crippen molar-refractivity contribution in [2.24, 2.45) is 0 Å². The van der Waals surface area contributed by atoms with Crippen molar-refractivity contribution in [3.05, 3.63) is 34.9 Å². The van der Waals surface area contributed by atoms with Gasteiger partial charge >= 0.3 is 0 Å². The van der Waals surface area contributed by atoms with Gasteiger partial charge in [-0.05, 0) is 30.9 Å². The zero-order valence-corrected chi connectivity index (χ0v) is 8.90. The van der Waals surface area contributed by atoms with Gasteiger partial charge in [-0.2, -0.15) is 0 Å². The third kappa shape index (κ3) is 2.11. The Morgan fingerprint density at radius 1 is 1.29 bits per heavy atom. The Morgan fingerprint density at radius 3 is 2.50 bits per heavy atom. The van der Waals surface area contributed by atoms with Crippen LogP contribution in [0.5, 0.6) is 0 Å². The van der Waals surface area contributed by atoms with Crippen molar-refractivity contribution in [3.63, 3.8) is 0 Å². The summed E-state index contributed by atoms with van der Waals surface area (Å²) in [5.74, 6) is -0.847. The van der Waals surface area contributed by atoms with E-state index in [0.29, 0.717) is 5.56 Å². The van der Waals surface area contributed by atoms with Gasteiger partial charge in [0.2, 0.25) is 0 Å². The topological polar surface area (TPSA) is 0 Å². The molecule has 0 aliphatic rings. The second-order valence-electron chi connectivity index (χ2n) is 3.78. The number of rotatable bonds is 3. The molecule has 1 unspecified atom stereocenters. The molecule has 0 N–H and O–H groups in total. The molecule has 0 saturated heterocycles. The number of halogens is 2. The molecule has 0 aliphatic heterocycles. The van der Waals surface area contributed by atoms with Gasteiger partial charge in [0, 0.05) is 5.56 Å². The Labute approximate surface area is 84.0 Å². The molecule has 1 atom stereocenters. The zero-order chi connectivity index (χ0) is 10.7. The fourth-order valence-corrected chi connectivity index (χ4v) is 1.71. The summed E-state index contributed by atoms with van der Waals surface area (Å²) < 4.78 is 27.0. The average molecular weight is 198 g/mol. The Hall–Kier alpha value is -0.920. The van der Waals surface area contributed by atoms with Gasteiger partial charge in [0.15, 0.2) is 0 Å². The van der Waals surface area contributed by atoms with Crippen molar-refractivity contribution in [1.29, 1.82) is 0 Å². The zero-order valence-electron chi connectivity index (χ0n) is 8.90. The van der Waals surface area contributed by atoms with Crippen molar-refractivity contribution in [2.75, 3.05) is 0 Å². The van der Waals surface area contributed by atoms with E-state index in [-0.39, 0.29) is 17.3 Å². The van der Waals surface area contributed by atoms with Crippen LogP contribution in [-0.2, 0) is 0 Å². The van der Waals surface area contributed by atoms with E-state index in [0.717, 1.165) is 12.8 Å². The molecule has 0 aliphatic carbocycles. The minimum Gasteiger partial charge on any atom is -0.207 e. The number of aryl methyl sites for hydroxylation is 1. The lowest BCUT2D eigenvalue weighted by atomic mass is 9.94. The van der Waals surface area contributed by atoms with Crippen LogP contribution in [0.4, 0.5) is 8.78 Å². The highest BCUT2D eigenvalue weighted by atomic mass is 19.1. The van der Waals surface area contributed by atoms with Crippen molar-refractivity contribution >= 4 is 0 Å². The first-order chi connectivity index (χ1) is 6.57. The molecule has 2 heteroatoms. The number of benzene rings is 1. The van der Waals surface area contributed by atoms with Crippen molar-refractivity contribution in [3.8, 4) is 0 Å². The molecular weight excluding hydrogens is 182 g/mol. The first-order valence-electron chi connectivity index (χ1n) is 5.02. The largest absolute Gasteiger partial charge is 0.207 e. The van der Waals surface area contributed by atoms with E-state index < -0.39 is 5.82 Å². The van der Waals surface area contributed by atoms with E-state index in [2.05, 4.69) is 0 Å². The molecular formula is C12H16F2. The summed E-state index contributed by atoms with van der Waals surface area (Å²) in [5, 5.41) is 0. The summed E-state index contributed by atoms with van der Waals surface area (Å²) >= 11 is 0. The van der Waals surface area contributed by atoms with Crippen LogP contribution in [0.15, 0.2) is 12.1 Å². The van der Waals surface area contributed by atoms with Gasteiger partial charge in [-0.3, -0.25) is 0 Å². The smallest absolute Gasteiger partial charge is 0.132 e. The Kier molecular flexibility index (Phi) is 3.62. The highest BCUT2D eigenvalue weighted by molar-refractivity contribution is 5.29. The molecule has 1 rings (SSSR count). The molecule has 0 spiro atoms. The number of hydrogen-bond acceptors (Lipinski definition) is 0. The van der Waals surface area contributed by atoms with E-state index in [4.69, 9.17) is 0 Å². The maximum atomic E-state index is 13.6. The lowest BCUT2D eigenvalue weighted by Gasteiger charge is -2.13. The quantitative estimate of drug-likeness (QED) is 0.683. The van der Waals surface area contributed by atoms with Gasteiger partial charge in [-0.1, -0.05) is 26.3 Å². The molecule has 1 aromatic carbocycles. The van der Waals surface area contributed by atoms with Gasteiger partial charge in [-0.15, -0.1) is 0 Å². The third-order valence-electron chi connectivity index (χ3n) is 2.53. The summed E-state index contributed by atoms with van der Waals surface area (Å²) in [5.41, 5.74) is 0.760. The molecule has 0 nitrogen and oxygen atoms in total. The van der Waals surface area contributed by atoms with Crippen LogP contribution in [0.25, 0.3) is 0 Å². The predicted molar refractivity (Wildman–Crippen MR) is 54.4 cm³/mol. The van der Waals surface area contributed by atoms with Gasteiger partial charge in [0.05, 0.1) is 0 Å². The second kappa shape index (κ2) is 4.54. The first-order valence-corrected chi connectivity index (χ1v) is 5.02. The fraction of sp³-hybridized carbons (Fsp3) is 0.500. The Balaban J connectivity index is 3.11. The van der Waals surface area contributed by atoms with Crippen LogP contribution in [0, 0.1) is 18.6 Å². The number of hydrogen-bond donors (Lipinski definition) is 0. The first kappa shape index (κ1) is 11.2. The van der Waals surface area contributed by atoms with E-state index in [9.17, 15) is 8.78 Å². The van der Waals surface area contributed by atoms with Gasteiger partial charge in [-0.25, -0.2) is 8.78 Å². The van der Waals surface area contributed by atoms with Crippen molar-refractivity contribution in [2.45, 2.75) is 39.5 Å². The maximum Gasteiger partial charge on any atom is 0.132 e. The SMILES string of the molecule is CCCC(C)c1c(F)ccc(C)c1F. The van der Waals surface area contributed by atoms with Crippen LogP contribution >= 0.6 is 0 Å². The summed E-state index contributed by atoms with van der Waals surface area (Å²) in [6.07, 6.45) is 1.76. The van der Waals surface area contributed by atoms with Crippen LogP contribution in [0.3, 0.4) is 0 Å². The molecule has 1 aromatic rings. The van der Waals surface area contributed by atoms with E-state index in [1.165, 1.54) is 12.1 Å². The lowest BCUT2D eigenvalue weighted by molar-refractivity contribution is 0.514. The summed E-state index contributed by atoms with van der Waals surface area (Å²) in [7, 11) is 0. The van der Waals surface area contributed by atoms with Gasteiger partial charge in [0.25, 0.3) is 0 Å². The molecule has 0 bridgehead atoms. The molecule has 0 aromatic heterocycles. The average Bonchev–Trinajstić information content (AvgIpc) is 2.13. The summed E-state index contributed by atoms with van der Waals surface area (Å²) in [6.45, 7) is 5.55. The third-order valence-corrected chi connectivity index (χ3v) is 2.53.